The van der Waals surface area contributed by atoms with Gasteiger partial charge in [-0.05, 0) is 0 Å². The van der Waals surface area contributed by atoms with E-state index in [2.05, 4.69) is 20.0 Å². The lowest BCUT2D eigenvalue weighted by atomic mass is 10.4. The standard InChI is InChI=1S/C8H12N4O4S/c1-17(15,16)11-3-2-10-7-5-9-4-6(12-7)8(13)14/h4-5,11H,2-3H2,1H3,(H,10,12)(H,13,14). The largest absolute Gasteiger partial charge is 0.476 e. The van der Waals surface area contributed by atoms with Crippen molar-refractivity contribution in [2.24, 2.45) is 0 Å². The van der Waals surface area contributed by atoms with Crippen molar-refractivity contribution in [1.82, 2.24) is 14.7 Å². The summed E-state index contributed by atoms with van der Waals surface area (Å²) in [5.41, 5.74) is -0.175. The number of carbonyl (C=O) groups is 1. The fourth-order valence-corrected chi connectivity index (χ4v) is 1.45. The second-order valence-corrected chi connectivity index (χ2v) is 5.02. The Morgan fingerprint density at radius 2 is 2.12 bits per heavy atom. The van der Waals surface area contributed by atoms with Gasteiger partial charge < -0.3 is 10.4 Å². The van der Waals surface area contributed by atoms with Crippen molar-refractivity contribution in [3.05, 3.63) is 18.1 Å². The third kappa shape index (κ3) is 5.22. The predicted octanol–water partition coefficient (Wildman–Crippen LogP) is -0.864. The van der Waals surface area contributed by atoms with Gasteiger partial charge in [0.1, 0.15) is 5.82 Å². The van der Waals surface area contributed by atoms with Crippen molar-refractivity contribution in [3.63, 3.8) is 0 Å². The van der Waals surface area contributed by atoms with Crippen LogP contribution in [0.25, 0.3) is 0 Å². The van der Waals surface area contributed by atoms with E-state index in [9.17, 15) is 13.2 Å². The topological polar surface area (TPSA) is 121 Å². The molecule has 0 aliphatic carbocycles. The first kappa shape index (κ1) is 13.3. The first-order valence-electron chi connectivity index (χ1n) is 4.62. The van der Waals surface area contributed by atoms with Crippen LogP contribution in [0, 0.1) is 0 Å². The summed E-state index contributed by atoms with van der Waals surface area (Å²) in [5.74, 6) is -0.893. The summed E-state index contributed by atoms with van der Waals surface area (Å²) in [5, 5.41) is 11.4. The molecule has 0 fully saturated rings. The Balaban J connectivity index is 2.47. The molecular weight excluding hydrogens is 248 g/mol. The van der Waals surface area contributed by atoms with Crippen molar-refractivity contribution in [1.29, 1.82) is 0 Å². The minimum Gasteiger partial charge on any atom is -0.476 e. The summed E-state index contributed by atoms with van der Waals surface area (Å²) in [6, 6.07) is 0. The Bertz CT molecular complexity index is 502. The Labute approximate surface area is 98.1 Å². The van der Waals surface area contributed by atoms with Crippen LogP contribution in [0.5, 0.6) is 0 Å². The lowest BCUT2D eigenvalue weighted by Gasteiger charge is -2.05. The maximum absolute atomic E-state index is 10.7. The van der Waals surface area contributed by atoms with Gasteiger partial charge in [0.2, 0.25) is 10.0 Å². The number of hydrogen-bond donors (Lipinski definition) is 3. The molecule has 0 spiro atoms. The molecule has 0 amide bonds. The molecule has 8 nitrogen and oxygen atoms in total. The van der Waals surface area contributed by atoms with E-state index in [0.717, 1.165) is 12.5 Å². The van der Waals surface area contributed by atoms with Crippen LogP contribution in [0.4, 0.5) is 5.82 Å². The van der Waals surface area contributed by atoms with Crippen molar-refractivity contribution < 1.29 is 18.3 Å². The quantitative estimate of drug-likeness (QED) is 0.569. The lowest BCUT2D eigenvalue weighted by Crippen LogP contribution is -2.27. The highest BCUT2D eigenvalue weighted by molar-refractivity contribution is 7.88. The maximum Gasteiger partial charge on any atom is 0.356 e. The van der Waals surface area contributed by atoms with Crippen molar-refractivity contribution in [3.8, 4) is 0 Å². The molecule has 0 radical (unpaired) electrons. The number of aromatic carboxylic acids is 1. The summed E-state index contributed by atoms with van der Waals surface area (Å²) in [6.07, 6.45) is 3.53. The van der Waals surface area contributed by atoms with E-state index in [4.69, 9.17) is 5.11 Å². The highest BCUT2D eigenvalue weighted by Gasteiger charge is 2.05. The minimum atomic E-state index is -3.22. The maximum atomic E-state index is 10.7. The van der Waals surface area contributed by atoms with Gasteiger partial charge in [-0.1, -0.05) is 0 Å². The van der Waals surface area contributed by atoms with E-state index >= 15 is 0 Å². The summed E-state index contributed by atoms with van der Waals surface area (Å²) in [4.78, 5) is 18.0. The number of nitrogens with one attached hydrogen (secondary N) is 2. The SMILES string of the molecule is CS(=O)(=O)NCCNc1cncc(C(=O)O)n1. The molecule has 1 heterocycles. The van der Waals surface area contributed by atoms with Crippen LogP contribution in [0.15, 0.2) is 12.4 Å². The average Bonchev–Trinajstić information content (AvgIpc) is 2.23. The molecule has 0 saturated carbocycles. The van der Waals surface area contributed by atoms with Gasteiger partial charge in [0.25, 0.3) is 0 Å². The second-order valence-electron chi connectivity index (χ2n) is 3.19. The van der Waals surface area contributed by atoms with E-state index in [0.29, 0.717) is 0 Å². The zero-order valence-corrected chi connectivity index (χ0v) is 9.86. The fourth-order valence-electron chi connectivity index (χ4n) is 0.981. The van der Waals surface area contributed by atoms with Gasteiger partial charge in [-0.25, -0.2) is 22.9 Å². The Hall–Kier alpha value is -1.74. The molecule has 17 heavy (non-hydrogen) atoms. The molecule has 0 saturated heterocycles. The summed E-state index contributed by atoms with van der Waals surface area (Å²) in [7, 11) is -3.22. The van der Waals surface area contributed by atoms with Gasteiger partial charge in [-0.2, -0.15) is 0 Å². The highest BCUT2D eigenvalue weighted by Crippen LogP contribution is 2.01. The molecule has 0 aliphatic rings. The van der Waals surface area contributed by atoms with Crippen LogP contribution in [0.1, 0.15) is 10.5 Å². The number of sulfonamides is 1. The van der Waals surface area contributed by atoms with Gasteiger partial charge in [0.15, 0.2) is 5.69 Å². The second kappa shape index (κ2) is 5.55. The van der Waals surface area contributed by atoms with Crippen LogP contribution in [-0.4, -0.2) is 48.8 Å². The molecule has 3 N–H and O–H groups in total. The third-order valence-electron chi connectivity index (χ3n) is 1.65. The molecule has 0 atom stereocenters. The van der Waals surface area contributed by atoms with Gasteiger partial charge in [-0.15, -0.1) is 0 Å². The van der Waals surface area contributed by atoms with Gasteiger partial charge >= 0.3 is 5.97 Å². The summed E-state index contributed by atoms with van der Waals surface area (Å²) < 4.78 is 23.8. The molecule has 1 aromatic rings. The van der Waals surface area contributed by atoms with Gasteiger partial charge in [0, 0.05) is 13.1 Å². The predicted molar refractivity (Wildman–Crippen MR) is 60.3 cm³/mol. The minimum absolute atomic E-state index is 0.175. The van der Waals surface area contributed by atoms with E-state index in [1.165, 1.54) is 6.20 Å². The molecular formula is C8H12N4O4S. The highest BCUT2D eigenvalue weighted by atomic mass is 32.2. The Kier molecular flexibility index (Phi) is 4.35. The van der Waals surface area contributed by atoms with Crippen LogP contribution < -0.4 is 10.0 Å². The number of nitrogens with zero attached hydrogens (tertiary/aromatic N) is 2. The molecule has 94 valence electrons. The van der Waals surface area contributed by atoms with Crippen molar-refractivity contribution in [2.45, 2.75) is 0 Å². The van der Waals surface area contributed by atoms with E-state index in [1.54, 1.807) is 0 Å². The van der Waals surface area contributed by atoms with Crippen LogP contribution >= 0.6 is 0 Å². The normalized spacial score (nSPS) is 11.1. The van der Waals surface area contributed by atoms with Gasteiger partial charge in [-0.3, -0.25) is 4.98 Å². The zero-order valence-electron chi connectivity index (χ0n) is 9.04. The smallest absolute Gasteiger partial charge is 0.356 e. The molecule has 0 bridgehead atoms. The van der Waals surface area contributed by atoms with Crippen LogP contribution in [0.3, 0.4) is 0 Å². The zero-order chi connectivity index (χ0) is 12.9. The summed E-state index contributed by atoms with van der Waals surface area (Å²) >= 11 is 0. The average molecular weight is 260 g/mol. The number of carboxylic acid groups (broad SMARTS) is 1. The molecule has 1 rings (SSSR count). The molecule has 0 aromatic carbocycles. The monoisotopic (exact) mass is 260 g/mol. The van der Waals surface area contributed by atoms with Crippen LogP contribution in [-0.2, 0) is 10.0 Å². The molecule has 1 aromatic heterocycles. The number of aromatic nitrogens is 2. The number of rotatable bonds is 6. The number of hydrogen-bond acceptors (Lipinski definition) is 6. The van der Waals surface area contributed by atoms with Gasteiger partial charge in [0.05, 0.1) is 18.6 Å². The first-order valence-corrected chi connectivity index (χ1v) is 6.51. The fraction of sp³-hybridized carbons (Fsp3) is 0.375. The van der Waals surface area contributed by atoms with Crippen molar-refractivity contribution in [2.75, 3.05) is 24.7 Å². The van der Waals surface area contributed by atoms with E-state index in [1.807, 2.05) is 0 Å². The Morgan fingerprint density at radius 3 is 2.71 bits per heavy atom. The first-order chi connectivity index (χ1) is 7.88. The van der Waals surface area contributed by atoms with E-state index in [-0.39, 0.29) is 24.6 Å². The van der Waals surface area contributed by atoms with Crippen molar-refractivity contribution >= 4 is 21.8 Å². The third-order valence-corrected chi connectivity index (χ3v) is 2.38. The van der Waals surface area contributed by atoms with E-state index < -0.39 is 16.0 Å². The Morgan fingerprint density at radius 1 is 1.41 bits per heavy atom. The number of anilines is 1. The van der Waals surface area contributed by atoms with Crippen LogP contribution in [0.2, 0.25) is 0 Å². The molecule has 9 heteroatoms. The molecule has 0 unspecified atom stereocenters. The number of carboxylic acids is 1. The molecule has 0 aliphatic heterocycles. The lowest BCUT2D eigenvalue weighted by molar-refractivity contribution is 0.0690. The summed E-state index contributed by atoms with van der Waals surface area (Å²) in [6.45, 7) is 0.461.